The van der Waals surface area contributed by atoms with Crippen LogP contribution >= 0.6 is 0 Å². The highest BCUT2D eigenvalue weighted by Crippen LogP contribution is 2.32. The zero-order valence-corrected chi connectivity index (χ0v) is 18.4. The lowest BCUT2D eigenvalue weighted by Gasteiger charge is -2.22. The number of anilines is 1. The molecule has 0 fully saturated rings. The molecule has 8 heteroatoms. The maximum absolute atomic E-state index is 12.6. The standard InChI is InChI=1S/C24H28N2O6/c1-4-6-17-7-9-19(21(13-17)29-3)32-16-24(28)26(5-2)15-23(27)25-18-8-10-20-22(14-18)31-12-11-30-20/h4,7-10,13-14H,1,5-6,11-12,15-16H2,2-3H3,(H,25,27). The zero-order valence-electron chi connectivity index (χ0n) is 18.4. The molecule has 3 rings (SSSR count). The molecule has 170 valence electrons. The van der Waals surface area contributed by atoms with Crippen molar-refractivity contribution < 1.29 is 28.5 Å². The van der Waals surface area contributed by atoms with Gasteiger partial charge in [0.05, 0.1) is 13.7 Å². The number of amides is 2. The summed E-state index contributed by atoms with van der Waals surface area (Å²) in [5, 5.41) is 2.78. The molecule has 0 aliphatic carbocycles. The van der Waals surface area contributed by atoms with E-state index in [-0.39, 0.29) is 25.0 Å². The third-order valence-electron chi connectivity index (χ3n) is 4.85. The molecule has 0 spiro atoms. The van der Waals surface area contributed by atoms with E-state index >= 15 is 0 Å². The van der Waals surface area contributed by atoms with E-state index in [9.17, 15) is 9.59 Å². The number of rotatable bonds is 10. The molecule has 0 saturated carbocycles. The van der Waals surface area contributed by atoms with E-state index in [2.05, 4.69) is 11.9 Å². The normalized spacial score (nSPS) is 11.9. The summed E-state index contributed by atoms with van der Waals surface area (Å²) in [6, 6.07) is 10.7. The Morgan fingerprint density at radius 3 is 2.62 bits per heavy atom. The Morgan fingerprint density at radius 2 is 1.91 bits per heavy atom. The van der Waals surface area contributed by atoms with Crippen LogP contribution in [0.15, 0.2) is 49.1 Å². The number of ether oxygens (including phenoxy) is 4. The lowest BCUT2D eigenvalue weighted by Crippen LogP contribution is -2.40. The number of carbonyl (C=O) groups is 2. The third kappa shape index (κ3) is 5.94. The molecule has 1 N–H and O–H groups in total. The molecule has 32 heavy (non-hydrogen) atoms. The molecule has 0 bridgehead atoms. The smallest absolute Gasteiger partial charge is 0.260 e. The zero-order chi connectivity index (χ0) is 22.9. The monoisotopic (exact) mass is 440 g/mol. The van der Waals surface area contributed by atoms with Crippen molar-refractivity contribution in [2.75, 3.05) is 45.3 Å². The molecule has 0 aromatic heterocycles. The van der Waals surface area contributed by atoms with Gasteiger partial charge in [-0.25, -0.2) is 0 Å². The van der Waals surface area contributed by atoms with Crippen LogP contribution in [0.4, 0.5) is 5.69 Å². The van der Waals surface area contributed by atoms with Gasteiger partial charge in [-0.2, -0.15) is 0 Å². The Bertz CT molecular complexity index is 975. The maximum Gasteiger partial charge on any atom is 0.260 e. The van der Waals surface area contributed by atoms with Crippen LogP contribution in [-0.2, 0) is 16.0 Å². The van der Waals surface area contributed by atoms with Crippen LogP contribution in [0.2, 0.25) is 0 Å². The van der Waals surface area contributed by atoms with E-state index in [4.69, 9.17) is 18.9 Å². The maximum atomic E-state index is 12.6. The van der Waals surface area contributed by atoms with Crippen molar-refractivity contribution in [3.8, 4) is 23.0 Å². The molecule has 2 aromatic carbocycles. The number of hydrogen-bond donors (Lipinski definition) is 1. The van der Waals surface area contributed by atoms with E-state index in [1.54, 1.807) is 44.4 Å². The van der Waals surface area contributed by atoms with Gasteiger partial charge in [0.25, 0.3) is 5.91 Å². The van der Waals surface area contributed by atoms with Gasteiger partial charge in [0.1, 0.15) is 13.2 Å². The molecule has 2 amide bonds. The van der Waals surface area contributed by atoms with Crippen molar-refractivity contribution in [2.24, 2.45) is 0 Å². The summed E-state index contributed by atoms with van der Waals surface area (Å²) in [5.74, 6) is 1.61. The first kappa shape index (κ1) is 23.0. The lowest BCUT2D eigenvalue weighted by atomic mass is 10.1. The summed E-state index contributed by atoms with van der Waals surface area (Å²) in [6.07, 6.45) is 2.51. The average Bonchev–Trinajstić information content (AvgIpc) is 2.81. The van der Waals surface area contributed by atoms with Gasteiger partial charge >= 0.3 is 0 Å². The van der Waals surface area contributed by atoms with Crippen LogP contribution in [0.5, 0.6) is 23.0 Å². The highest BCUT2D eigenvalue weighted by atomic mass is 16.6. The molecule has 0 radical (unpaired) electrons. The van der Waals surface area contributed by atoms with E-state index in [0.717, 1.165) is 5.56 Å². The van der Waals surface area contributed by atoms with Crippen LogP contribution in [0.3, 0.4) is 0 Å². The molecule has 2 aromatic rings. The van der Waals surface area contributed by atoms with Gasteiger partial charge < -0.3 is 29.2 Å². The summed E-state index contributed by atoms with van der Waals surface area (Å²) < 4.78 is 22.0. The number of methoxy groups -OCH3 is 1. The summed E-state index contributed by atoms with van der Waals surface area (Å²) in [5.41, 5.74) is 1.60. The largest absolute Gasteiger partial charge is 0.493 e. The lowest BCUT2D eigenvalue weighted by molar-refractivity contribution is -0.136. The average molecular weight is 440 g/mol. The fourth-order valence-electron chi connectivity index (χ4n) is 3.23. The van der Waals surface area contributed by atoms with Crippen LogP contribution in [-0.4, -0.2) is 56.7 Å². The van der Waals surface area contributed by atoms with Crippen molar-refractivity contribution in [1.29, 1.82) is 0 Å². The van der Waals surface area contributed by atoms with Gasteiger partial charge in [0, 0.05) is 18.3 Å². The number of nitrogens with zero attached hydrogens (tertiary/aromatic N) is 1. The first-order chi connectivity index (χ1) is 15.5. The Kier molecular flexibility index (Phi) is 7.96. The number of carbonyl (C=O) groups excluding carboxylic acids is 2. The fraction of sp³-hybridized carbons (Fsp3) is 0.333. The van der Waals surface area contributed by atoms with E-state index in [1.807, 2.05) is 12.1 Å². The van der Waals surface area contributed by atoms with Gasteiger partial charge in [-0.1, -0.05) is 12.1 Å². The van der Waals surface area contributed by atoms with E-state index in [1.165, 1.54) is 4.90 Å². The molecule has 0 unspecified atom stereocenters. The molecule has 0 saturated heterocycles. The van der Waals surface area contributed by atoms with Crippen molar-refractivity contribution >= 4 is 17.5 Å². The minimum atomic E-state index is -0.316. The Balaban J connectivity index is 1.55. The van der Waals surface area contributed by atoms with Crippen LogP contribution < -0.4 is 24.3 Å². The highest BCUT2D eigenvalue weighted by Gasteiger charge is 2.18. The van der Waals surface area contributed by atoms with Crippen molar-refractivity contribution in [3.05, 3.63) is 54.6 Å². The Morgan fingerprint density at radius 1 is 1.12 bits per heavy atom. The highest BCUT2D eigenvalue weighted by molar-refractivity contribution is 5.95. The first-order valence-electron chi connectivity index (χ1n) is 10.4. The first-order valence-corrected chi connectivity index (χ1v) is 10.4. The van der Waals surface area contributed by atoms with Crippen molar-refractivity contribution in [3.63, 3.8) is 0 Å². The molecule has 1 heterocycles. The Labute approximate surface area is 187 Å². The second-order valence-electron chi connectivity index (χ2n) is 7.08. The van der Waals surface area contributed by atoms with Crippen molar-refractivity contribution in [1.82, 2.24) is 4.90 Å². The molecule has 0 atom stereocenters. The number of benzene rings is 2. The second kappa shape index (κ2) is 11.1. The second-order valence-corrected chi connectivity index (χ2v) is 7.08. The topological polar surface area (TPSA) is 86.3 Å². The SMILES string of the molecule is C=CCc1ccc(OCC(=O)N(CC)CC(=O)Nc2ccc3c(c2)OCCO3)c(OC)c1. The van der Waals surface area contributed by atoms with Gasteiger partial charge in [0.2, 0.25) is 5.91 Å². The number of allylic oxidation sites excluding steroid dienone is 1. The molecule has 8 nitrogen and oxygen atoms in total. The summed E-state index contributed by atoms with van der Waals surface area (Å²) in [6.45, 7) is 6.56. The van der Waals surface area contributed by atoms with Gasteiger partial charge in [-0.05, 0) is 43.2 Å². The quantitative estimate of drug-likeness (QED) is 0.572. The van der Waals surface area contributed by atoms with Gasteiger partial charge in [0.15, 0.2) is 29.6 Å². The third-order valence-corrected chi connectivity index (χ3v) is 4.85. The molecular formula is C24H28N2O6. The minimum Gasteiger partial charge on any atom is -0.493 e. The predicted octanol–water partition coefficient (Wildman–Crippen LogP) is 3.06. The minimum absolute atomic E-state index is 0.0947. The van der Waals surface area contributed by atoms with Crippen LogP contribution in [0.1, 0.15) is 12.5 Å². The fourth-order valence-corrected chi connectivity index (χ4v) is 3.23. The van der Waals surface area contributed by atoms with E-state index < -0.39 is 0 Å². The number of nitrogens with one attached hydrogen (secondary N) is 1. The Hall–Kier alpha value is -3.68. The number of hydrogen-bond acceptors (Lipinski definition) is 6. The molecule has 1 aliphatic heterocycles. The number of likely N-dealkylation sites (N-methyl/N-ethyl adjacent to an activating group) is 1. The predicted molar refractivity (Wildman–Crippen MR) is 121 cm³/mol. The summed E-state index contributed by atoms with van der Waals surface area (Å²) in [4.78, 5) is 26.5. The molecule has 1 aliphatic rings. The van der Waals surface area contributed by atoms with Crippen molar-refractivity contribution in [2.45, 2.75) is 13.3 Å². The van der Waals surface area contributed by atoms with Crippen LogP contribution in [0.25, 0.3) is 0 Å². The summed E-state index contributed by atoms with van der Waals surface area (Å²) in [7, 11) is 1.54. The van der Waals surface area contributed by atoms with Gasteiger partial charge in [-0.15, -0.1) is 6.58 Å². The number of fused-ring (bicyclic) bond motifs is 1. The van der Waals surface area contributed by atoms with Gasteiger partial charge in [-0.3, -0.25) is 9.59 Å². The summed E-state index contributed by atoms with van der Waals surface area (Å²) >= 11 is 0. The van der Waals surface area contributed by atoms with Crippen LogP contribution in [0, 0.1) is 0 Å². The van der Waals surface area contributed by atoms with E-state index in [0.29, 0.717) is 54.9 Å². The molecular weight excluding hydrogens is 412 g/mol.